The fourth-order valence-electron chi connectivity index (χ4n) is 2.39. The van der Waals surface area contributed by atoms with Crippen LogP contribution in [0.1, 0.15) is 11.1 Å². The molecule has 3 aromatic rings. The maximum absolute atomic E-state index is 11.5. The first-order valence-electron chi connectivity index (χ1n) is 7.31. The summed E-state index contributed by atoms with van der Waals surface area (Å²) in [6.07, 6.45) is 0. The van der Waals surface area contributed by atoms with Gasteiger partial charge in [0.1, 0.15) is 23.7 Å². The van der Waals surface area contributed by atoms with Crippen molar-refractivity contribution in [1.82, 2.24) is 0 Å². The van der Waals surface area contributed by atoms with Gasteiger partial charge in [-0.25, -0.2) is 4.79 Å². The van der Waals surface area contributed by atoms with Crippen LogP contribution in [0, 0.1) is 6.92 Å². The van der Waals surface area contributed by atoms with Crippen LogP contribution in [-0.4, -0.2) is 17.5 Å². The zero-order chi connectivity index (χ0) is 18.0. The SMILES string of the molecule is Cc1cc(=O)oc2cc(OC/C(=N\O)c3ccc(Cl)cc3)c(Cl)cc12. The topological polar surface area (TPSA) is 72.0 Å². The third-order valence-corrected chi connectivity index (χ3v) is 4.21. The van der Waals surface area contributed by atoms with Crippen molar-refractivity contribution in [1.29, 1.82) is 0 Å². The molecular formula is C18H13Cl2NO4. The van der Waals surface area contributed by atoms with E-state index in [0.717, 1.165) is 10.9 Å². The van der Waals surface area contributed by atoms with Crippen LogP contribution in [0.15, 0.2) is 56.8 Å². The Balaban J connectivity index is 1.88. The van der Waals surface area contributed by atoms with E-state index in [0.29, 0.717) is 32.7 Å². The molecule has 0 amide bonds. The molecule has 0 atom stereocenters. The summed E-state index contributed by atoms with van der Waals surface area (Å²) in [5.41, 5.74) is 1.65. The van der Waals surface area contributed by atoms with Crippen LogP contribution in [0.2, 0.25) is 10.0 Å². The van der Waals surface area contributed by atoms with Gasteiger partial charge in [-0.3, -0.25) is 0 Å². The molecule has 7 heteroatoms. The predicted octanol–water partition coefficient (Wildman–Crippen LogP) is 4.67. The first-order chi connectivity index (χ1) is 12.0. The highest BCUT2D eigenvalue weighted by Crippen LogP contribution is 2.31. The Morgan fingerprint density at radius 1 is 1.20 bits per heavy atom. The Hall–Kier alpha value is -2.50. The van der Waals surface area contributed by atoms with E-state index in [2.05, 4.69) is 5.16 Å². The summed E-state index contributed by atoms with van der Waals surface area (Å²) >= 11 is 12.1. The number of nitrogens with zero attached hydrogens (tertiary/aromatic N) is 1. The monoisotopic (exact) mass is 377 g/mol. The van der Waals surface area contributed by atoms with Gasteiger partial charge in [0.25, 0.3) is 0 Å². The average molecular weight is 378 g/mol. The van der Waals surface area contributed by atoms with Gasteiger partial charge >= 0.3 is 5.63 Å². The van der Waals surface area contributed by atoms with Crippen molar-refractivity contribution < 1.29 is 14.4 Å². The molecule has 0 saturated carbocycles. The lowest BCUT2D eigenvalue weighted by Gasteiger charge is -2.11. The minimum Gasteiger partial charge on any atom is -0.485 e. The van der Waals surface area contributed by atoms with Gasteiger partial charge in [-0.05, 0) is 30.7 Å². The minimum atomic E-state index is -0.447. The molecule has 2 aromatic carbocycles. The van der Waals surface area contributed by atoms with Crippen molar-refractivity contribution in [2.75, 3.05) is 6.61 Å². The molecule has 0 bridgehead atoms. The number of hydrogen-bond donors (Lipinski definition) is 1. The van der Waals surface area contributed by atoms with E-state index in [9.17, 15) is 10.0 Å². The van der Waals surface area contributed by atoms with E-state index in [4.69, 9.17) is 32.4 Å². The molecule has 0 aliphatic heterocycles. The smallest absolute Gasteiger partial charge is 0.336 e. The fourth-order valence-corrected chi connectivity index (χ4v) is 2.73. The van der Waals surface area contributed by atoms with E-state index >= 15 is 0 Å². The average Bonchev–Trinajstić information content (AvgIpc) is 2.58. The molecule has 1 heterocycles. The molecule has 0 spiro atoms. The number of ether oxygens (including phenoxy) is 1. The van der Waals surface area contributed by atoms with Gasteiger partial charge in [-0.1, -0.05) is 40.5 Å². The Labute approximate surface area is 153 Å². The highest BCUT2D eigenvalue weighted by molar-refractivity contribution is 6.33. The Bertz CT molecular complexity index is 1010. The van der Waals surface area contributed by atoms with Gasteiger partial charge < -0.3 is 14.4 Å². The minimum absolute atomic E-state index is 0.0284. The fraction of sp³-hybridized carbons (Fsp3) is 0.111. The van der Waals surface area contributed by atoms with Gasteiger partial charge in [-0.15, -0.1) is 0 Å². The molecule has 1 aromatic heterocycles. The molecular weight excluding hydrogens is 365 g/mol. The second kappa shape index (κ2) is 7.17. The highest BCUT2D eigenvalue weighted by Gasteiger charge is 2.12. The summed E-state index contributed by atoms with van der Waals surface area (Å²) in [5.74, 6) is 0.318. The molecule has 0 aliphatic carbocycles. The van der Waals surface area contributed by atoms with Crippen molar-refractivity contribution in [3.63, 3.8) is 0 Å². The van der Waals surface area contributed by atoms with E-state index < -0.39 is 5.63 Å². The highest BCUT2D eigenvalue weighted by atomic mass is 35.5. The van der Waals surface area contributed by atoms with Crippen molar-refractivity contribution in [2.24, 2.45) is 5.16 Å². The van der Waals surface area contributed by atoms with Gasteiger partial charge in [0.2, 0.25) is 0 Å². The maximum Gasteiger partial charge on any atom is 0.336 e. The van der Waals surface area contributed by atoms with Crippen LogP contribution in [-0.2, 0) is 0 Å². The van der Waals surface area contributed by atoms with Crippen LogP contribution in [0.3, 0.4) is 0 Å². The number of hydrogen-bond acceptors (Lipinski definition) is 5. The number of halogens is 2. The van der Waals surface area contributed by atoms with E-state index in [1.165, 1.54) is 6.07 Å². The molecule has 0 aliphatic rings. The molecule has 0 fully saturated rings. The zero-order valence-corrected chi connectivity index (χ0v) is 14.6. The first kappa shape index (κ1) is 17.3. The first-order valence-corrected chi connectivity index (χ1v) is 8.07. The zero-order valence-electron chi connectivity index (χ0n) is 13.1. The number of rotatable bonds is 4. The summed E-state index contributed by atoms with van der Waals surface area (Å²) in [6.45, 7) is 1.77. The second-order valence-corrected chi connectivity index (χ2v) is 6.21. The molecule has 0 unspecified atom stereocenters. The lowest BCUT2D eigenvalue weighted by molar-refractivity contribution is 0.308. The molecule has 128 valence electrons. The number of aryl methyl sites for hydroxylation is 1. The third kappa shape index (κ3) is 3.78. The Morgan fingerprint density at radius 3 is 2.60 bits per heavy atom. The van der Waals surface area contributed by atoms with Crippen LogP contribution in [0.25, 0.3) is 11.0 Å². The maximum atomic E-state index is 11.5. The van der Waals surface area contributed by atoms with Crippen molar-refractivity contribution in [2.45, 2.75) is 6.92 Å². The number of fused-ring (bicyclic) bond motifs is 1. The van der Waals surface area contributed by atoms with Crippen molar-refractivity contribution >= 4 is 39.9 Å². The van der Waals surface area contributed by atoms with Gasteiger partial charge in [0.15, 0.2) is 0 Å². The second-order valence-electron chi connectivity index (χ2n) is 5.37. The van der Waals surface area contributed by atoms with Gasteiger partial charge in [0.05, 0.1) is 5.02 Å². The van der Waals surface area contributed by atoms with Crippen molar-refractivity contribution in [3.8, 4) is 5.75 Å². The lowest BCUT2D eigenvalue weighted by Crippen LogP contribution is -2.13. The predicted molar refractivity (Wildman–Crippen MR) is 97.5 cm³/mol. The molecule has 0 radical (unpaired) electrons. The van der Waals surface area contributed by atoms with E-state index in [-0.39, 0.29) is 6.61 Å². The molecule has 0 saturated heterocycles. The summed E-state index contributed by atoms with van der Waals surface area (Å²) in [6, 6.07) is 11.4. The van der Waals surface area contributed by atoms with Gasteiger partial charge in [0, 0.05) is 28.1 Å². The molecule has 5 nitrogen and oxygen atoms in total. The van der Waals surface area contributed by atoms with Crippen LogP contribution in [0.4, 0.5) is 0 Å². The van der Waals surface area contributed by atoms with Gasteiger partial charge in [-0.2, -0.15) is 0 Å². The normalized spacial score (nSPS) is 11.7. The molecule has 25 heavy (non-hydrogen) atoms. The Morgan fingerprint density at radius 2 is 1.92 bits per heavy atom. The summed E-state index contributed by atoms with van der Waals surface area (Å²) in [5, 5.41) is 14.1. The Kier molecular flexibility index (Phi) is 4.97. The van der Waals surface area contributed by atoms with Crippen LogP contribution >= 0.6 is 23.2 Å². The summed E-state index contributed by atoms with van der Waals surface area (Å²) in [4.78, 5) is 11.5. The summed E-state index contributed by atoms with van der Waals surface area (Å²) < 4.78 is 10.8. The van der Waals surface area contributed by atoms with E-state index in [1.54, 1.807) is 43.3 Å². The van der Waals surface area contributed by atoms with Crippen LogP contribution < -0.4 is 10.4 Å². The number of benzene rings is 2. The number of oxime groups is 1. The van der Waals surface area contributed by atoms with E-state index in [1.807, 2.05) is 0 Å². The molecule has 3 rings (SSSR count). The third-order valence-electron chi connectivity index (χ3n) is 3.67. The lowest BCUT2D eigenvalue weighted by atomic mass is 10.1. The largest absolute Gasteiger partial charge is 0.485 e. The standard InChI is InChI=1S/C18H13Cl2NO4/c1-10-6-18(22)25-16-8-17(14(20)7-13(10)16)24-9-15(21-23)11-2-4-12(19)5-3-11/h2-8,23H,9H2,1H3/b21-15+. The quantitative estimate of drug-likeness (QED) is 0.310. The summed E-state index contributed by atoms with van der Waals surface area (Å²) in [7, 11) is 0. The van der Waals surface area contributed by atoms with Crippen molar-refractivity contribution in [3.05, 3.63) is 74.1 Å². The van der Waals surface area contributed by atoms with Crippen LogP contribution in [0.5, 0.6) is 5.75 Å². The molecule has 1 N–H and O–H groups in total.